The highest BCUT2D eigenvalue weighted by Gasteiger charge is 2.16. The maximum atomic E-state index is 5.38. The molecule has 100 valence electrons. The van der Waals surface area contributed by atoms with Crippen LogP contribution in [0, 0.1) is 13.8 Å². The van der Waals surface area contributed by atoms with Crippen molar-refractivity contribution in [2.45, 2.75) is 26.8 Å². The highest BCUT2D eigenvalue weighted by Crippen LogP contribution is 2.35. The molecule has 5 heteroatoms. The molecule has 0 bridgehead atoms. The van der Waals surface area contributed by atoms with Gasteiger partial charge in [0.2, 0.25) is 6.79 Å². The van der Waals surface area contributed by atoms with E-state index in [1.807, 2.05) is 25.1 Å². The number of hydrogen-bond acceptors (Lipinski definition) is 5. The molecule has 1 aromatic heterocycles. The molecule has 0 saturated heterocycles. The van der Waals surface area contributed by atoms with E-state index < -0.39 is 0 Å². The number of fused-ring (bicyclic) bond motifs is 1. The molecular weight excluding hydrogens is 260 g/mol. The number of anilines is 1. The first kappa shape index (κ1) is 12.3. The van der Waals surface area contributed by atoms with Gasteiger partial charge in [-0.05, 0) is 32.9 Å². The summed E-state index contributed by atoms with van der Waals surface area (Å²) < 4.78 is 10.7. The van der Waals surface area contributed by atoms with Gasteiger partial charge < -0.3 is 14.8 Å². The van der Waals surface area contributed by atoms with Crippen molar-refractivity contribution < 1.29 is 9.47 Å². The van der Waals surface area contributed by atoms with Crippen LogP contribution in [0.2, 0.25) is 0 Å². The van der Waals surface area contributed by atoms with Gasteiger partial charge in [-0.1, -0.05) is 0 Å². The molecule has 3 rings (SSSR count). The SMILES string of the molecule is Cc1nc(C)c(C(C)Nc2ccc3c(c2)OCO3)s1. The van der Waals surface area contributed by atoms with Gasteiger partial charge in [0.15, 0.2) is 11.5 Å². The third-order valence-corrected chi connectivity index (χ3v) is 4.34. The van der Waals surface area contributed by atoms with E-state index in [4.69, 9.17) is 9.47 Å². The number of nitrogens with zero attached hydrogens (tertiary/aromatic N) is 1. The number of rotatable bonds is 3. The van der Waals surface area contributed by atoms with Crippen LogP contribution in [0.4, 0.5) is 5.69 Å². The van der Waals surface area contributed by atoms with E-state index in [1.54, 1.807) is 11.3 Å². The van der Waals surface area contributed by atoms with E-state index in [0.29, 0.717) is 6.79 Å². The van der Waals surface area contributed by atoms with Crippen molar-refractivity contribution in [3.63, 3.8) is 0 Å². The Morgan fingerprint density at radius 2 is 2.05 bits per heavy atom. The van der Waals surface area contributed by atoms with Crippen LogP contribution in [0.3, 0.4) is 0 Å². The first-order valence-electron chi connectivity index (χ1n) is 6.23. The molecule has 0 saturated carbocycles. The van der Waals surface area contributed by atoms with E-state index >= 15 is 0 Å². The summed E-state index contributed by atoms with van der Waals surface area (Å²) in [7, 11) is 0. The van der Waals surface area contributed by atoms with Gasteiger partial charge in [0.05, 0.1) is 16.7 Å². The number of aromatic nitrogens is 1. The van der Waals surface area contributed by atoms with Gasteiger partial charge in [-0.3, -0.25) is 0 Å². The lowest BCUT2D eigenvalue weighted by Gasteiger charge is -2.14. The summed E-state index contributed by atoms with van der Waals surface area (Å²) in [5.74, 6) is 1.61. The minimum atomic E-state index is 0.228. The van der Waals surface area contributed by atoms with Gasteiger partial charge in [-0.25, -0.2) is 4.98 Å². The average molecular weight is 276 g/mol. The molecule has 1 unspecified atom stereocenters. The molecule has 2 heterocycles. The largest absolute Gasteiger partial charge is 0.454 e. The molecule has 0 fully saturated rings. The highest BCUT2D eigenvalue weighted by molar-refractivity contribution is 7.11. The quantitative estimate of drug-likeness (QED) is 0.929. The number of benzene rings is 1. The topological polar surface area (TPSA) is 43.4 Å². The average Bonchev–Trinajstić information content (AvgIpc) is 2.94. The fraction of sp³-hybridized carbons (Fsp3) is 0.357. The van der Waals surface area contributed by atoms with E-state index in [9.17, 15) is 0 Å². The van der Waals surface area contributed by atoms with Crippen LogP contribution in [0.5, 0.6) is 11.5 Å². The lowest BCUT2D eigenvalue weighted by molar-refractivity contribution is 0.174. The Bertz CT molecular complexity index is 609. The highest BCUT2D eigenvalue weighted by atomic mass is 32.1. The molecule has 1 N–H and O–H groups in total. The zero-order chi connectivity index (χ0) is 13.4. The summed E-state index contributed by atoms with van der Waals surface area (Å²) in [5, 5.41) is 4.58. The number of aryl methyl sites for hydroxylation is 2. The Kier molecular flexibility index (Phi) is 3.06. The van der Waals surface area contributed by atoms with Crippen molar-refractivity contribution in [3.05, 3.63) is 33.8 Å². The summed E-state index contributed by atoms with van der Waals surface area (Å²) in [4.78, 5) is 5.74. The number of thiazole rings is 1. The van der Waals surface area contributed by atoms with Crippen LogP contribution in [-0.2, 0) is 0 Å². The molecule has 4 nitrogen and oxygen atoms in total. The van der Waals surface area contributed by atoms with Crippen LogP contribution in [0.25, 0.3) is 0 Å². The summed E-state index contributed by atoms with van der Waals surface area (Å²) in [5.41, 5.74) is 2.13. The summed E-state index contributed by atoms with van der Waals surface area (Å²) in [6.07, 6.45) is 0. The lowest BCUT2D eigenvalue weighted by Crippen LogP contribution is -2.06. The maximum absolute atomic E-state index is 5.38. The minimum absolute atomic E-state index is 0.228. The second kappa shape index (κ2) is 4.74. The summed E-state index contributed by atoms with van der Waals surface area (Å²) >= 11 is 1.74. The minimum Gasteiger partial charge on any atom is -0.454 e. The van der Waals surface area contributed by atoms with Crippen molar-refractivity contribution in [1.82, 2.24) is 4.98 Å². The van der Waals surface area contributed by atoms with Gasteiger partial charge in [-0.15, -0.1) is 11.3 Å². The lowest BCUT2D eigenvalue weighted by atomic mass is 10.2. The van der Waals surface area contributed by atoms with Crippen molar-refractivity contribution in [2.75, 3.05) is 12.1 Å². The molecule has 1 aliphatic rings. The van der Waals surface area contributed by atoms with Crippen LogP contribution in [0.15, 0.2) is 18.2 Å². The van der Waals surface area contributed by atoms with Crippen LogP contribution in [-0.4, -0.2) is 11.8 Å². The second-order valence-corrected chi connectivity index (χ2v) is 5.85. The third-order valence-electron chi connectivity index (χ3n) is 3.09. The molecule has 0 spiro atoms. The predicted octanol–water partition coefficient (Wildman–Crippen LogP) is 3.66. The normalized spacial score (nSPS) is 14.5. The summed E-state index contributed by atoms with van der Waals surface area (Å²) in [6.45, 7) is 6.54. The van der Waals surface area contributed by atoms with E-state index in [0.717, 1.165) is 27.9 Å². The Labute approximate surface area is 116 Å². The molecule has 1 atom stereocenters. The second-order valence-electron chi connectivity index (χ2n) is 4.62. The molecule has 1 aromatic carbocycles. The maximum Gasteiger partial charge on any atom is 0.231 e. The van der Waals surface area contributed by atoms with Gasteiger partial charge in [0, 0.05) is 16.6 Å². The predicted molar refractivity (Wildman–Crippen MR) is 76.2 cm³/mol. The zero-order valence-electron chi connectivity index (χ0n) is 11.2. The Morgan fingerprint density at radius 1 is 1.26 bits per heavy atom. The van der Waals surface area contributed by atoms with E-state index in [-0.39, 0.29) is 6.04 Å². The fourth-order valence-electron chi connectivity index (χ4n) is 2.25. The molecule has 0 amide bonds. The van der Waals surface area contributed by atoms with Crippen molar-refractivity contribution in [2.24, 2.45) is 0 Å². The number of ether oxygens (including phenoxy) is 2. The van der Waals surface area contributed by atoms with Crippen molar-refractivity contribution >= 4 is 17.0 Å². The first-order chi connectivity index (χ1) is 9.13. The number of nitrogens with one attached hydrogen (secondary N) is 1. The van der Waals surface area contributed by atoms with Crippen molar-refractivity contribution in [1.29, 1.82) is 0 Å². The van der Waals surface area contributed by atoms with Gasteiger partial charge in [-0.2, -0.15) is 0 Å². The van der Waals surface area contributed by atoms with Gasteiger partial charge in [0.25, 0.3) is 0 Å². The van der Waals surface area contributed by atoms with E-state index in [2.05, 4.69) is 24.1 Å². The molecule has 0 aliphatic carbocycles. The molecule has 19 heavy (non-hydrogen) atoms. The van der Waals surface area contributed by atoms with Gasteiger partial charge >= 0.3 is 0 Å². The van der Waals surface area contributed by atoms with Crippen LogP contribution < -0.4 is 14.8 Å². The Morgan fingerprint density at radius 3 is 2.79 bits per heavy atom. The molecular formula is C14H16N2O2S. The standard InChI is InChI=1S/C14H16N2O2S/c1-8-14(19-10(3)15-8)9(2)16-11-4-5-12-13(6-11)18-7-17-12/h4-6,9,16H,7H2,1-3H3. The number of hydrogen-bond donors (Lipinski definition) is 1. The smallest absolute Gasteiger partial charge is 0.231 e. The monoisotopic (exact) mass is 276 g/mol. The first-order valence-corrected chi connectivity index (χ1v) is 7.05. The third kappa shape index (κ3) is 2.38. The molecule has 2 aromatic rings. The Balaban J connectivity index is 1.79. The fourth-order valence-corrected chi connectivity index (χ4v) is 3.18. The molecule has 1 aliphatic heterocycles. The van der Waals surface area contributed by atoms with E-state index in [1.165, 1.54) is 4.88 Å². The summed E-state index contributed by atoms with van der Waals surface area (Å²) in [6, 6.07) is 6.14. The van der Waals surface area contributed by atoms with Crippen LogP contribution in [0.1, 0.15) is 28.5 Å². The van der Waals surface area contributed by atoms with Crippen LogP contribution >= 0.6 is 11.3 Å². The van der Waals surface area contributed by atoms with Crippen molar-refractivity contribution in [3.8, 4) is 11.5 Å². The van der Waals surface area contributed by atoms with Gasteiger partial charge in [0.1, 0.15) is 0 Å². The zero-order valence-corrected chi connectivity index (χ0v) is 12.0. The Hall–Kier alpha value is -1.75. The molecule has 0 radical (unpaired) electrons.